The van der Waals surface area contributed by atoms with E-state index in [0.717, 1.165) is 34.9 Å². The van der Waals surface area contributed by atoms with Crippen LogP contribution in [-0.4, -0.2) is 23.1 Å². The fourth-order valence-electron chi connectivity index (χ4n) is 1.81. The lowest BCUT2D eigenvalue weighted by atomic mass is 10.2. The van der Waals surface area contributed by atoms with Gasteiger partial charge in [-0.05, 0) is 38.9 Å². The minimum absolute atomic E-state index is 0.626. The van der Waals surface area contributed by atoms with Gasteiger partial charge in [-0.2, -0.15) is 0 Å². The van der Waals surface area contributed by atoms with Crippen LogP contribution in [0.4, 0.5) is 0 Å². The molecule has 0 bridgehead atoms. The number of hydrogen-bond donors (Lipinski definition) is 1. The Kier molecular flexibility index (Phi) is 4.47. The molecule has 0 saturated heterocycles. The molecule has 0 spiro atoms. The van der Waals surface area contributed by atoms with Crippen LogP contribution in [0, 0.1) is 13.8 Å². The molecule has 4 nitrogen and oxygen atoms in total. The summed E-state index contributed by atoms with van der Waals surface area (Å²) in [7, 11) is 0. The summed E-state index contributed by atoms with van der Waals surface area (Å²) in [5.41, 5.74) is 9.06. The second kappa shape index (κ2) is 6.29. The van der Waals surface area contributed by atoms with Crippen molar-refractivity contribution in [3.8, 4) is 17.1 Å². The first-order valence-electron chi connectivity index (χ1n) is 6.44. The van der Waals surface area contributed by atoms with Crippen molar-refractivity contribution in [1.29, 1.82) is 0 Å². The normalized spacial score (nSPS) is 10.5. The predicted molar refractivity (Wildman–Crippen MR) is 76.1 cm³/mol. The average molecular weight is 257 g/mol. The molecule has 0 aliphatic carbocycles. The smallest absolute Gasteiger partial charge is 0.123 e. The molecule has 0 fully saturated rings. The van der Waals surface area contributed by atoms with Crippen LogP contribution in [0.5, 0.6) is 5.75 Å². The molecule has 0 aliphatic rings. The first-order valence-corrected chi connectivity index (χ1v) is 6.44. The highest BCUT2D eigenvalue weighted by molar-refractivity contribution is 5.56. The highest BCUT2D eigenvalue weighted by atomic mass is 16.5. The molecule has 2 heterocycles. The fourth-order valence-corrected chi connectivity index (χ4v) is 1.81. The number of rotatable bonds is 5. The monoisotopic (exact) mass is 257 g/mol. The van der Waals surface area contributed by atoms with Gasteiger partial charge in [0, 0.05) is 23.5 Å². The van der Waals surface area contributed by atoms with Crippen LogP contribution in [0.1, 0.15) is 17.8 Å². The van der Waals surface area contributed by atoms with Gasteiger partial charge in [-0.3, -0.25) is 9.97 Å². The topological polar surface area (TPSA) is 61.0 Å². The summed E-state index contributed by atoms with van der Waals surface area (Å²) in [6, 6.07) is 9.76. The fraction of sp³-hybridized carbons (Fsp3) is 0.333. The molecule has 2 rings (SSSR count). The Morgan fingerprint density at radius 3 is 2.58 bits per heavy atom. The molecular weight excluding hydrogens is 238 g/mol. The second-order valence-electron chi connectivity index (χ2n) is 4.48. The van der Waals surface area contributed by atoms with Crippen molar-refractivity contribution in [3.63, 3.8) is 0 Å². The van der Waals surface area contributed by atoms with Crippen LogP contribution >= 0.6 is 0 Å². The number of aromatic nitrogens is 2. The summed E-state index contributed by atoms with van der Waals surface area (Å²) in [5.74, 6) is 0.819. The van der Waals surface area contributed by atoms with E-state index in [1.807, 2.05) is 44.2 Å². The summed E-state index contributed by atoms with van der Waals surface area (Å²) in [4.78, 5) is 8.99. The first kappa shape index (κ1) is 13.5. The third-order valence-corrected chi connectivity index (χ3v) is 2.69. The summed E-state index contributed by atoms with van der Waals surface area (Å²) >= 11 is 0. The summed E-state index contributed by atoms with van der Waals surface area (Å²) in [6.45, 7) is 5.18. The Labute approximate surface area is 113 Å². The van der Waals surface area contributed by atoms with Crippen LogP contribution in [0.15, 0.2) is 30.3 Å². The van der Waals surface area contributed by atoms with Crippen molar-refractivity contribution in [2.75, 3.05) is 13.2 Å². The predicted octanol–water partition coefficient (Wildman–Crippen LogP) is 2.49. The number of aryl methyl sites for hydroxylation is 2. The van der Waals surface area contributed by atoms with Crippen molar-refractivity contribution in [2.24, 2.45) is 5.73 Å². The third-order valence-electron chi connectivity index (χ3n) is 2.69. The average Bonchev–Trinajstić information content (AvgIpc) is 2.38. The summed E-state index contributed by atoms with van der Waals surface area (Å²) < 4.78 is 5.67. The lowest BCUT2D eigenvalue weighted by Crippen LogP contribution is -2.06. The van der Waals surface area contributed by atoms with Crippen LogP contribution in [0.2, 0.25) is 0 Å². The zero-order chi connectivity index (χ0) is 13.7. The third kappa shape index (κ3) is 3.76. The summed E-state index contributed by atoms with van der Waals surface area (Å²) in [6.07, 6.45) is 0.847. The zero-order valence-corrected chi connectivity index (χ0v) is 11.4. The van der Waals surface area contributed by atoms with Crippen LogP contribution < -0.4 is 10.5 Å². The molecule has 0 saturated carbocycles. The molecule has 0 radical (unpaired) electrons. The number of pyridine rings is 2. The van der Waals surface area contributed by atoms with Crippen molar-refractivity contribution >= 4 is 0 Å². The van der Waals surface area contributed by atoms with Gasteiger partial charge in [0.2, 0.25) is 0 Å². The Balaban J connectivity index is 2.26. The molecule has 2 aromatic heterocycles. The van der Waals surface area contributed by atoms with Gasteiger partial charge in [-0.25, -0.2) is 0 Å². The van der Waals surface area contributed by atoms with Crippen LogP contribution in [0.25, 0.3) is 11.4 Å². The molecular formula is C15H19N3O. The maximum atomic E-state index is 5.67. The van der Waals surface area contributed by atoms with Crippen molar-refractivity contribution < 1.29 is 4.74 Å². The van der Waals surface area contributed by atoms with Gasteiger partial charge in [0.05, 0.1) is 18.0 Å². The first-order chi connectivity index (χ1) is 9.19. The molecule has 19 heavy (non-hydrogen) atoms. The van der Waals surface area contributed by atoms with E-state index in [2.05, 4.69) is 9.97 Å². The molecule has 0 aliphatic heterocycles. The quantitative estimate of drug-likeness (QED) is 0.836. The Morgan fingerprint density at radius 1 is 1.05 bits per heavy atom. The van der Waals surface area contributed by atoms with Gasteiger partial charge in [-0.1, -0.05) is 6.07 Å². The molecule has 2 N–H and O–H groups in total. The molecule has 4 heteroatoms. The van der Waals surface area contributed by atoms with Crippen molar-refractivity contribution in [3.05, 3.63) is 41.7 Å². The van der Waals surface area contributed by atoms with E-state index in [1.54, 1.807) is 0 Å². The number of ether oxygens (including phenoxy) is 1. The van der Waals surface area contributed by atoms with Gasteiger partial charge in [0.1, 0.15) is 5.75 Å². The molecule has 2 aromatic rings. The lowest BCUT2D eigenvalue weighted by Gasteiger charge is -2.09. The second-order valence-corrected chi connectivity index (χ2v) is 4.48. The van der Waals surface area contributed by atoms with E-state index >= 15 is 0 Å². The number of hydrogen-bond acceptors (Lipinski definition) is 4. The van der Waals surface area contributed by atoms with Crippen molar-refractivity contribution in [1.82, 2.24) is 9.97 Å². The Bertz CT molecular complexity index is 555. The minimum atomic E-state index is 0.626. The standard InChI is InChI=1S/C15H19N3O/c1-11-5-3-6-14(17-11)15-10-13(9-12(2)18-15)19-8-4-7-16/h3,5-6,9-10H,4,7-8,16H2,1-2H3. The summed E-state index contributed by atoms with van der Waals surface area (Å²) in [5, 5.41) is 0. The SMILES string of the molecule is Cc1cccc(-c2cc(OCCCN)cc(C)n2)n1. The molecule has 100 valence electrons. The van der Waals surface area contributed by atoms with Crippen LogP contribution in [-0.2, 0) is 0 Å². The Morgan fingerprint density at radius 2 is 1.84 bits per heavy atom. The highest BCUT2D eigenvalue weighted by Gasteiger charge is 2.05. The van der Waals surface area contributed by atoms with Gasteiger partial charge in [-0.15, -0.1) is 0 Å². The van der Waals surface area contributed by atoms with E-state index in [0.29, 0.717) is 13.2 Å². The number of nitrogens with two attached hydrogens (primary N) is 1. The molecule has 0 unspecified atom stereocenters. The zero-order valence-electron chi connectivity index (χ0n) is 11.4. The maximum Gasteiger partial charge on any atom is 0.123 e. The Hall–Kier alpha value is -1.94. The molecule has 0 atom stereocenters. The van der Waals surface area contributed by atoms with Gasteiger partial charge in [0.15, 0.2) is 0 Å². The molecule has 0 aromatic carbocycles. The van der Waals surface area contributed by atoms with E-state index in [1.165, 1.54) is 0 Å². The van der Waals surface area contributed by atoms with Gasteiger partial charge >= 0.3 is 0 Å². The van der Waals surface area contributed by atoms with Gasteiger partial charge < -0.3 is 10.5 Å². The molecule has 0 amide bonds. The number of nitrogens with zero attached hydrogens (tertiary/aromatic N) is 2. The van der Waals surface area contributed by atoms with Crippen LogP contribution in [0.3, 0.4) is 0 Å². The largest absolute Gasteiger partial charge is 0.493 e. The lowest BCUT2D eigenvalue weighted by molar-refractivity contribution is 0.313. The highest BCUT2D eigenvalue weighted by Crippen LogP contribution is 2.22. The minimum Gasteiger partial charge on any atom is -0.493 e. The van der Waals surface area contributed by atoms with Crippen molar-refractivity contribution in [2.45, 2.75) is 20.3 Å². The van der Waals surface area contributed by atoms with Gasteiger partial charge in [0.25, 0.3) is 0 Å². The maximum absolute atomic E-state index is 5.67. The van der Waals surface area contributed by atoms with E-state index in [4.69, 9.17) is 10.5 Å². The van der Waals surface area contributed by atoms with E-state index < -0.39 is 0 Å². The van der Waals surface area contributed by atoms with E-state index in [9.17, 15) is 0 Å². The van der Waals surface area contributed by atoms with E-state index in [-0.39, 0.29) is 0 Å².